The summed E-state index contributed by atoms with van der Waals surface area (Å²) in [6, 6.07) is 9.08. The molecule has 0 spiro atoms. The van der Waals surface area contributed by atoms with Crippen LogP contribution in [0.4, 0.5) is 0 Å². The predicted molar refractivity (Wildman–Crippen MR) is 74.6 cm³/mol. The van der Waals surface area contributed by atoms with E-state index in [1.54, 1.807) is 19.4 Å². The van der Waals surface area contributed by atoms with Crippen molar-refractivity contribution in [1.82, 2.24) is 4.98 Å². The van der Waals surface area contributed by atoms with Gasteiger partial charge in [-0.2, -0.15) is 0 Å². The van der Waals surface area contributed by atoms with Crippen molar-refractivity contribution >= 4 is 5.97 Å². The molecule has 100 valence electrons. The Morgan fingerprint density at radius 2 is 2.05 bits per heavy atom. The molecule has 0 aliphatic carbocycles. The number of nitrogens with zero attached hydrogens (tertiary/aromatic N) is 1. The predicted octanol–water partition coefficient (Wildman–Crippen LogP) is 2.28. The van der Waals surface area contributed by atoms with Crippen molar-refractivity contribution in [3.05, 3.63) is 59.4 Å². The minimum Gasteiger partial charge on any atom is -0.497 e. The van der Waals surface area contributed by atoms with Gasteiger partial charge < -0.3 is 9.47 Å². The van der Waals surface area contributed by atoms with Crippen LogP contribution in [-0.4, -0.2) is 25.2 Å². The number of carbonyl (C=O) groups is 1. The van der Waals surface area contributed by atoms with Crippen molar-refractivity contribution in [3.8, 4) is 17.6 Å². The molecule has 1 aromatic heterocycles. The highest BCUT2D eigenvalue weighted by atomic mass is 16.5. The fraction of sp³-hybridized carbons (Fsp3) is 0.125. The highest BCUT2D eigenvalue weighted by Gasteiger charge is 2.09. The molecule has 0 aliphatic rings. The lowest BCUT2D eigenvalue weighted by Crippen LogP contribution is -2.04. The average Bonchev–Trinajstić information content (AvgIpc) is 2.52. The number of pyridine rings is 1. The Labute approximate surface area is 117 Å². The summed E-state index contributed by atoms with van der Waals surface area (Å²) in [4.78, 5) is 15.5. The fourth-order valence-corrected chi connectivity index (χ4v) is 1.62. The number of rotatable bonds is 2. The molecule has 0 fully saturated rings. The van der Waals surface area contributed by atoms with Crippen LogP contribution in [0.15, 0.2) is 42.7 Å². The Hall–Kier alpha value is -2.80. The Morgan fingerprint density at radius 1 is 1.20 bits per heavy atom. The van der Waals surface area contributed by atoms with Crippen molar-refractivity contribution in [1.29, 1.82) is 0 Å². The average molecular weight is 267 g/mol. The molecule has 0 saturated carbocycles. The van der Waals surface area contributed by atoms with Crippen molar-refractivity contribution in [2.24, 2.45) is 0 Å². The summed E-state index contributed by atoms with van der Waals surface area (Å²) in [6.45, 7) is 0. The Balaban J connectivity index is 2.35. The first kappa shape index (κ1) is 13.6. The molecule has 0 unspecified atom stereocenters. The highest BCUT2D eigenvalue weighted by molar-refractivity contribution is 5.91. The van der Waals surface area contributed by atoms with Gasteiger partial charge in [-0.25, -0.2) is 4.79 Å². The molecule has 1 aromatic carbocycles. The van der Waals surface area contributed by atoms with Crippen LogP contribution in [0.25, 0.3) is 0 Å². The van der Waals surface area contributed by atoms with Crippen molar-refractivity contribution in [2.75, 3.05) is 14.2 Å². The number of ether oxygens (including phenoxy) is 2. The van der Waals surface area contributed by atoms with Crippen molar-refractivity contribution in [2.45, 2.75) is 0 Å². The van der Waals surface area contributed by atoms with E-state index in [2.05, 4.69) is 16.8 Å². The maximum absolute atomic E-state index is 11.6. The number of carbonyl (C=O) groups excluding carboxylic acids is 1. The Morgan fingerprint density at radius 3 is 2.80 bits per heavy atom. The monoisotopic (exact) mass is 267 g/mol. The third-order valence-electron chi connectivity index (χ3n) is 2.64. The SMILES string of the molecule is COC(=O)c1cnccc1C#Cc1cccc(OC)c1. The van der Waals surface area contributed by atoms with Gasteiger partial charge in [0.1, 0.15) is 5.75 Å². The lowest BCUT2D eigenvalue weighted by molar-refractivity contribution is 0.0600. The van der Waals surface area contributed by atoms with Gasteiger partial charge in [-0.3, -0.25) is 4.98 Å². The number of esters is 1. The molecule has 20 heavy (non-hydrogen) atoms. The number of hydrogen-bond donors (Lipinski definition) is 0. The molecule has 0 saturated heterocycles. The number of benzene rings is 1. The summed E-state index contributed by atoms with van der Waals surface area (Å²) in [7, 11) is 2.93. The van der Waals surface area contributed by atoms with E-state index >= 15 is 0 Å². The molecule has 0 radical (unpaired) electrons. The van der Waals surface area contributed by atoms with Crippen molar-refractivity contribution < 1.29 is 14.3 Å². The minimum atomic E-state index is -0.451. The third-order valence-corrected chi connectivity index (χ3v) is 2.64. The van der Waals surface area contributed by atoms with E-state index in [1.807, 2.05) is 24.3 Å². The van der Waals surface area contributed by atoms with E-state index in [0.29, 0.717) is 11.1 Å². The second kappa shape index (κ2) is 6.39. The van der Waals surface area contributed by atoms with Gasteiger partial charge >= 0.3 is 5.97 Å². The van der Waals surface area contributed by atoms with Gasteiger partial charge in [0.25, 0.3) is 0 Å². The summed E-state index contributed by atoms with van der Waals surface area (Å²) in [5.74, 6) is 6.22. The summed E-state index contributed by atoms with van der Waals surface area (Å²) in [6.07, 6.45) is 3.03. The first-order chi connectivity index (χ1) is 9.74. The molecular weight excluding hydrogens is 254 g/mol. The standard InChI is InChI=1S/C16H13NO3/c1-19-14-5-3-4-12(10-14)6-7-13-8-9-17-11-15(13)16(18)20-2/h3-5,8-11H,1-2H3. The molecule has 4 heteroatoms. The molecular formula is C16H13NO3. The zero-order valence-corrected chi connectivity index (χ0v) is 11.2. The maximum atomic E-state index is 11.6. The molecule has 1 heterocycles. The van der Waals surface area contributed by atoms with E-state index in [-0.39, 0.29) is 0 Å². The van der Waals surface area contributed by atoms with Gasteiger partial charge in [-0.15, -0.1) is 0 Å². The summed E-state index contributed by atoms with van der Waals surface area (Å²) >= 11 is 0. The topological polar surface area (TPSA) is 48.4 Å². The molecule has 4 nitrogen and oxygen atoms in total. The van der Waals surface area contributed by atoms with Crippen LogP contribution >= 0.6 is 0 Å². The van der Waals surface area contributed by atoms with Gasteiger partial charge in [0.2, 0.25) is 0 Å². The normalized spacial score (nSPS) is 9.30. The van der Waals surface area contributed by atoms with E-state index in [9.17, 15) is 4.79 Å². The van der Waals surface area contributed by atoms with E-state index in [0.717, 1.165) is 11.3 Å². The van der Waals surface area contributed by atoms with Crippen LogP contribution in [0.3, 0.4) is 0 Å². The lowest BCUT2D eigenvalue weighted by atomic mass is 10.1. The van der Waals surface area contributed by atoms with Gasteiger partial charge in [-0.05, 0) is 24.3 Å². The molecule has 2 aromatic rings. The lowest BCUT2D eigenvalue weighted by Gasteiger charge is -2.01. The van der Waals surface area contributed by atoms with Crippen LogP contribution in [0.5, 0.6) is 5.75 Å². The molecule has 0 atom stereocenters. The zero-order valence-electron chi connectivity index (χ0n) is 11.2. The second-order valence-corrected chi connectivity index (χ2v) is 3.89. The second-order valence-electron chi connectivity index (χ2n) is 3.89. The first-order valence-corrected chi connectivity index (χ1v) is 5.93. The molecule has 2 rings (SSSR count). The smallest absolute Gasteiger partial charge is 0.340 e. The highest BCUT2D eigenvalue weighted by Crippen LogP contribution is 2.12. The maximum Gasteiger partial charge on any atom is 0.340 e. The first-order valence-electron chi connectivity index (χ1n) is 5.93. The van der Waals surface area contributed by atoms with E-state index in [1.165, 1.54) is 13.3 Å². The van der Waals surface area contributed by atoms with Gasteiger partial charge in [0.05, 0.1) is 19.8 Å². The van der Waals surface area contributed by atoms with Crippen molar-refractivity contribution in [3.63, 3.8) is 0 Å². The molecule has 0 amide bonds. The fourth-order valence-electron chi connectivity index (χ4n) is 1.62. The Bertz CT molecular complexity index is 683. The van der Waals surface area contributed by atoms with Crippen LogP contribution in [-0.2, 0) is 4.74 Å². The van der Waals surface area contributed by atoms with Crippen LogP contribution in [0.1, 0.15) is 21.5 Å². The molecule has 0 aliphatic heterocycles. The van der Waals surface area contributed by atoms with Crippen LogP contribution in [0, 0.1) is 11.8 Å². The third kappa shape index (κ3) is 3.15. The summed E-state index contributed by atoms with van der Waals surface area (Å²) < 4.78 is 9.83. The van der Waals surface area contributed by atoms with Gasteiger partial charge in [0.15, 0.2) is 0 Å². The number of hydrogen-bond acceptors (Lipinski definition) is 4. The Kier molecular flexibility index (Phi) is 4.35. The quantitative estimate of drug-likeness (QED) is 0.618. The van der Waals surface area contributed by atoms with Crippen LogP contribution in [0.2, 0.25) is 0 Å². The van der Waals surface area contributed by atoms with E-state index in [4.69, 9.17) is 9.47 Å². The zero-order chi connectivity index (χ0) is 14.4. The number of aromatic nitrogens is 1. The van der Waals surface area contributed by atoms with Gasteiger partial charge in [0, 0.05) is 23.5 Å². The summed E-state index contributed by atoms with van der Waals surface area (Å²) in [5, 5.41) is 0. The summed E-state index contributed by atoms with van der Waals surface area (Å²) in [5.41, 5.74) is 1.73. The van der Waals surface area contributed by atoms with Crippen LogP contribution < -0.4 is 4.74 Å². The van der Waals surface area contributed by atoms with Gasteiger partial charge in [-0.1, -0.05) is 17.9 Å². The van der Waals surface area contributed by atoms with E-state index < -0.39 is 5.97 Å². The molecule has 0 N–H and O–H groups in total. The minimum absolute atomic E-state index is 0.352. The molecule has 0 bridgehead atoms. The largest absolute Gasteiger partial charge is 0.497 e. The number of methoxy groups -OCH3 is 2.